The first-order chi connectivity index (χ1) is 9.26. The van der Waals surface area contributed by atoms with Gasteiger partial charge in [-0.15, -0.1) is 0 Å². The van der Waals surface area contributed by atoms with Crippen LogP contribution in [0.1, 0.15) is 25.7 Å². The maximum absolute atomic E-state index is 4.55. The first-order valence-corrected chi connectivity index (χ1v) is 9.18. The molecular weight excluding hydrogens is 276 g/mol. The molecule has 2 N–H and O–H groups in total. The molecule has 1 heterocycles. The molecule has 106 valence electrons. The molecule has 1 aromatic heterocycles. The molecule has 0 radical (unpaired) electrons. The second-order valence-electron chi connectivity index (χ2n) is 4.68. The summed E-state index contributed by atoms with van der Waals surface area (Å²) in [5.74, 6) is 1.81. The normalized spacial score (nSPS) is 23.1. The maximum Gasteiger partial charge on any atom is 0.191 e. The van der Waals surface area contributed by atoms with E-state index in [1.165, 1.54) is 25.7 Å². The molecular formula is C13H22N4S2. The van der Waals surface area contributed by atoms with Crippen LogP contribution in [0, 0.1) is 0 Å². The van der Waals surface area contributed by atoms with Crippen LogP contribution in [0.2, 0.25) is 0 Å². The molecule has 1 saturated carbocycles. The molecule has 2 rings (SSSR count). The Kier molecular flexibility index (Phi) is 5.63. The van der Waals surface area contributed by atoms with Crippen molar-refractivity contribution in [2.24, 2.45) is 0 Å². The Morgan fingerprint density at radius 3 is 2.58 bits per heavy atom. The van der Waals surface area contributed by atoms with Crippen LogP contribution < -0.4 is 10.6 Å². The van der Waals surface area contributed by atoms with E-state index in [9.17, 15) is 0 Å². The Hall–Kier alpha value is -0.620. The summed E-state index contributed by atoms with van der Waals surface area (Å²) in [6.45, 7) is 0. The highest BCUT2D eigenvalue weighted by atomic mass is 32.2. The zero-order chi connectivity index (χ0) is 13.7. The van der Waals surface area contributed by atoms with E-state index in [0.29, 0.717) is 11.3 Å². The zero-order valence-electron chi connectivity index (χ0n) is 11.8. The van der Waals surface area contributed by atoms with Gasteiger partial charge in [-0.25, -0.2) is 9.97 Å². The summed E-state index contributed by atoms with van der Waals surface area (Å²) < 4.78 is 0. The summed E-state index contributed by atoms with van der Waals surface area (Å²) in [7, 11) is 1.89. The van der Waals surface area contributed by atoms with Crippen LogP contribution in [-0.2, 0) is 0 Å². The second-order valence-corrected chi connectivity index (χ2v) is 6.53. The zero-order valence-corrected chi connectivity index (χ0v) is 13.4. The molecule has 1 aromatic rings. The lowest BCUT2D eigenvalue weighted by molar-refractivity contribution is 0.474. The van der Waals surface area contributed by atoms with Crippen LogP contribution in [0.3, 0.4) is 0 Å². The molecule has 1 aliphatic carbocycles. The molecule has 4 nitrogen and oxygen atoms in total. The van der Waals surface area contributed by atoms with E-state index in [1.807, 2.05) is 31.1 Å². The van der Waals surface area contributed by atoms with Crippen LogP contribution in [-0.4, -0.2) is 40.8 Å². The van der Waals surface area contributed by atoms with Gasteiger partial charge in [0.05, 0.1) is 0 Å². The largest absolute Gasteiger partial charge is 0.373 e. The Morgan fingerprint density at radius 2 is 1.89 bits per heavy atom. The highest BCUT2D eigenvalue weighted by Crippen LogP contribution is 2.29. The third kappa shape index (κ3) is 3.92. The minimum absolute atomic E-state index is 0.526. The average Bonchev–Trinajstić information content (AvgIpc) is 2.47. The number of thioether (sulfide) groups is 2. The number of nitrogens with one attached hydrogen (secondary N) is 2. The first-order valence-electron chi connectivity index (χ1n) is 6.67. The van der Waals surface area contributed by atoms with Crippen LogP contribution in [0.4, 0.5) is 11.6 Å². The van der Waals surface area contributed by atoms with Gasteiger partial charge in [0.25, 0.3) is 0 Å². The lowest BCUT2D eigenvalue weighted by atomic mass is 9.95. The second kappa shape index (κ2) is 7.24. The highest BCUT2D eigenvalue weighted by molar-refractivity contribution is 7.99. The molecule has 19 heavy (non-hydrogen) atoms. The van der Waals surface area contributed by atoms with Crippen molar-refractivity contribution in [1.29, 1.82) is 0 Å². The summed E-state index contributed by atoms with van der Waals surface area (Å²) in [4.78, 5) is 8.95. The number of aromatic nitrogens is 2. The quantitative estimate of drug-likeness (QED) is 0.642. The Morgan fingerprint density at radius 1 is 1.16 bits per heavy atom. The van der Waals surface area contributed by atoms with Gasteiger partial charge < -0.3 is 10.6 Å². The molecule has 1 fully saturated rings. The molecule has 0 aromatic carbocycles. The van der Waals surface area contributed by atoms with Gasteiger partial charge in [-0.3, -0.25) is 0 Å². The molecule has 0 spiro atoms. The van der Waals surface area contributed by atoms with E-state index < -0.39 is 0 Å². The van der Waals surface area contributed by atoms with E-state index >= 15 is 0 Å². The van der Waals surface area contributed by atoms with Gasteiger partial charge in [-0.2, -0.15) is 11.8 Å². The topological polar surface area (TPSA) is 49.8 Å². The summed E-state index contributed by atoms with van der Waals surface area (Å²) in [6, 6.07) is 2.52. The van der Waals surface area contributed by atoms with E-state index in [2.05, 4.69) is 26.9 Å². The summed E-state index contributed by atoms with van der Waals surface area (Å²) in [5.41, 5.74) is 0. The van der Waals surface area contributed by atoms with Crippen molar-refractivity contribution in [2.75, 3.05) is 30.2 Å². The fraction of sp³-hybridized carbons (Fsp3) is 0.692. The van der Waals surface area contributed by atoms with Crippen molar-refractivity contribution < 1.29 is 0 Å². The Balaban J connectivity index is 2.12. The predicted octanol–water partition coefficient (Wildman–Crippen LogP) is 3.33. The van der Waals surface area contributed by atoms with Crippen LogP contribution in [0.25, 0.3) is 0 Å². The van der Waals surface area contributed by atoms with Crippen molar-refractivity contribution in [1.82, 2.24) is 9.97 Å². The van der Waals surface area contributed by atoms with Crippen molar-refractivity contribution in [3.05, 3.63) is 6.07 Å². The maximum atomic E-state index is 4.55. The standard InChI is InChI=1S/C13H22N4S2/c1-14-11-8-12(17-13(16-11)19-3)15-9-6-4-5-7-10(9)18-2/h8-10H,4-7H2,1-3H3,(H2,14,15,16,17). The van der Waals surface area contributed by atoms with Crippen molar-refractivity contribution in [2.45, 2.75) is 42.1 Å². The van der Waals surface area contributed by atoms with Gasteiger partial charge in [0.1, 0.15) is 11.6 Å². The smallest absolute Gasteiger partial charge is 0.191 e. The molecule has 1 aliphatic rings. The van der Waals surface area contributed by atoms with Gasteiger partial charge in [0.15, 0.2) is 5.16 Å². The van der Waals surface area contributed by atoms with E-state index in [-0.39, 0.29) is 0 Å². The van der Waals surface area contributed by atoms with Gasteiger partial charge in [0, 0.05) is 24.4 Å². The number of nitrogens with zero attached hydrogens (tertiary/aromatic N) is 2. The molecule has 6 heteroatoms. The first kappa shape index (κ1) is 14.8. The summed E-state index contributed by atoms with van der Waals surface area (Å²) >= 11 is 3.54. The molecule has 2 unspecified atom stereocenters. The molecule has 0 saturated heterocycles. The van der Waals surface area contributed by atoms with Gasteiger partial charge in [0.2, 0.25) is 0 Å². The van der Waals surface area contributed by atoms with E-state index in [0.717, 1.165) is 16.8 Å². The lowest BCUT2D eigenvalue weighted by Crippen LogP contribution is -2.34. The van der Waals surface area contributed by atoms with Crippen LogP contribution in [0.15, 0.2) is 11.2 Å². The number of hydrogen-bond acceptors (Lipinski definition) is 6. The predicted molar refractivity (Wildman–Crippen MR) is 86.5 cm³/mol. The van der Waals surface area contributed by atoms with Crippen molar-refractivity contribution >= 4 is 35.2 Å². The van der Waals surface area contributed by atoms with Crippen LogP contribution >= 0.6 is 23.5 Å². The molecule has 0 aliphatic heterocycles. The number of hydrogen-bond donors (Lipinski definition) is 2. The minimum atomic E-state index is 0.526. The SMILES string of the molecule is CNc1cc(NC2CCCCC2SC)nc(SC)n1. The Bertz CT molecular complexity index is 391. The number of rotatable bonds is 5. The van der Waals surface area contributed by atoms with Gasteiger partial charge in [-0.05, 0) is 25.4 Å². The Labute approximate surface area is 123 Å². The molecule has 0 bridgehead atoms. The average molecular weight is 298 g/mol. The van der Waals surface area contributed by atoms with Gasteiger partial charge in [-0.1, -0.05) is 24.6 Å². The molecule has 2 atom stereocenters. The minimum Gasteiger partial charge on any atom is -0.373 e. The van der Waals surface area contributed by atoms with Gasteiger partial charge >= 0.3 is 0 Å². The van der Waals surface area contributed by atoms with Crippen molar-refractivity contribution in [3.8, 4) is 0 Å². The third-order valence-electron chi connectivity index (χ3n) is 3.48. The summed E-state index contributed by atoms with van der Waals surface area (Å²) in [6.07, 6.45) is 9.41. The lowest BCUT2D eigenvalue weighted by Gasteiger charge is -2.31. The fourth-order valence-corrected chi connectivity index (χ4v) is 3.77. The third-order valence-corrected chi connectivity index (χ3v) is 5.20. The van der Waals surface area contributed by atoms with Crippen molar-refractivity contribution in [3.63, 3.8) is 0 Å². The van der Waals surface area contributed by atoms with E-state index in [4.69, 9.17) is 0 Å². The summed E-state index contributed by atoms with van der Waals surface area (Å²) in [5, 5.41) is 8.21. The number of anilines is 2. The van der Waals surface area contributed by atoms with E-state index in [1.54, 1.807) is 11.8 Å². The van der Waals surface area contributed by atoms with Crippen LogP contribution in [0.5, 0.6) is 0 Å². The fourth-order valence-electron chi connectivity index (χ4n) is 2.45. The monoisotopic (exact) mass is 298 g/mol. The molecule has 0 amide bonds. The highest BCUT2D eigenvalue weighted by Gasteiger charge is 2.24.